The number of benzene rings is 2. The molecule has 0 fully saturated rings. The minimum absolute atomic E-state index is 0.0186. The van der Waals surface area contributed by atoms with E-state index in [1.165, 1.54) is 24.3 Å². The highest BCUT2D eigenvalue weighted by atomic mass is 35.5. The van der Waals surface area contributed by atoms with Crippen molar-refractivity contribution in [3.63, 3.8) is 0 Å². The summed E-state index contributed by atoms with van der Waals surface area (Å²) in [4.78, 5) is 9.65. The molecular formula is C13H8ClF2NO3. The molecule has 0 saturated heterocycles. The highest BCUT2D eigenvalue weighted by Crippen LogP contribution is 2.30. The molecule has 0 spiro atoms. The molecule has 20 heavy (non-hydrogen) atoms. The third kappa shape index (κ3) is 2.85. The van der Waals surface area contributed by atoms with Crippen molar-refractivity contribution in [2.24, 2.45) is 0 Å². The van der Waals surface area contributed by atoms with Crippen LogP contribution in [0, 0.1) is 21.7 Å². The number of nitrogens with zero attached hydrogens (tertiary/aromatic N) is 1. The molecule has 0 aliphatic rings. The third-order valence-electron chi connectivity index (χ3n) is 2.55. The molecule has 0 unspecified atom stereocenters. The molecule has 0 atom stereocenters. The first-order valence-corrected chi connectivity index (χ1v) is 6.01. The minimum Gasteiger partial charge on any atom is -0.457 e. The van der Waals surface area contributed by atoms with Crippen molar-refractivity contribution in [2.75, 3.05) is 0 Å². The molecule has 0 radical (unpaired) electrons. The summed E-state index contributed by atoms with van der Waals surface area (Å²) in [6, 6.07) is 7.18. The maximum Gasteiger partial charge on any atom is 0.305 e. The highest BCUT2D eigenvalue weighted by Gasteiger charge is 2.16. The molecule has 2 aromatic rings. The summed E-state index contributed by atoms with van der Waals surface area (Å²) in [7, 11) is 0. The molecule has 0 heterocycles. The van der Waals surface area contributed by atoms with E-state index in [0.29, 0.717) is 0 Å². The second kappa shape index (κ2) is 5.83. The number of rotatable bonds is 4. The molecule has 0 aliphatic heterocycles. The van der Waals surface area contributed by atoms with Crippen molar-refractivity contribution in [2.45, 2.75) is 5.88 Å². The van der Waals surface area contributed by atoms with Crippen molar-refractivity contribution in [1.29, 1.82) is 0 Å². The zero-order chi connectivity index (χ0) is 14.7. The highest BCUT2D eigenvalue weighted by molar-refractivity contribution is 6.17. The third-order valence-corrected chi connectivity index (χ3v) is 2.82. The van der Waals surface area contributed by atoms with Crippen LogP contribution in [-0.4, -0.2) is 4.92 Å². The number of ether oxygens (including phenoxy) is 1. The second-order valence-electron chi connectivity index (χ2n) is 3.82. The van der Waals surface area contributed by atoms with Crippen molar-refractivity contribution < 1.29 is 18.4 Å². The number of hydrogen-bond acceptors (Lipinski definition) is 3. The zero-order valence-electron chi connectivity index (χ0n) is 9.98. The number of alkyl halides is 1. The van der Waals surface area contributed by atoms with E-state index >= 15 is 0 Å². The van der Waals surface area contributed by atoms with Gasteiger partial charge in [-0.1, -0.05) is 6.07 Å². The Labute approximate surface area is 117 Å². The van der Waals surface area contributed by atoms with E-state index < -0.39 is 22.2 Å². The molecule has 0 aromatic heterocycles. The predicted molar refractivity (Wildman–Crippen MR) is 69.1 cm³/mol. The SMILES string of the molecule is O=[N+]([O-])c1ccc(Oc2cccc(F)c2CCl)cc1F. The Balaban J connectivity index is 2.34. The summed E-state index contributed by atoms with van der Waals surface area (Å²) in [6.45, 7) is 0. The average Bonchev–Trinajstić information content (AvgIpc) is 2.38. The van der Waals surface area contributed by atoms with Gasteiger partial charge in [0.05, 0.1) is 10.8 Å². The summed E-state index contributed by atoms with van der Waals surface area (Å²) in [5.74, 6) is -1.54. The van der Waals surface area contributed by atoms with Crippen LogP contribution in [0.15, 0.2) is 36.4 Å². The molecular weight excluding hydrogens is 292 g/mol. The van der Waals surface area contributed by atoms with Gasteiger partial charge in [0, 0.05) is 17.7 Å². The fraction of sp³-hybridized carbons (Fsp3) is 0.0769. The lowest BCUT2D eigenvalue weighted by atomic mass is 10.2. The normalized spacial score (nSPS) is 10.3. The number of nitro groups is 1. The van der Waals surface area contributed by atoms with Gasteiger partial charge < -0.3 is 4.74 Å². The topological polar surface area (TPSA) is 52.4 Å². The first kappa shape index (κ1) is 14.2. The van der Waals surface area contributed by atoms with E-state index in [9.17, 15) is 18.9 Å². The number of halogens is 3. The van der Waals surface area contributed by atoms with Crippen LogP contribution in [0.5, 0.6) is 11.5 Å². The summed E-state index contributed by atoms with van der Waals surface area (Å²) in [6.07, 6.45) is 0. The Bertz CT molecular complexity index is 664. The van der Waals surface area contributed by atoms with Crippen molar-refractivity contribution >= 4 is 17.3 Å². The van der Waals surface area contributed by atoms with E-state index in [0.717, 1.165) is 12.1 Å². The van der Waals surface area contributed by atoms with Gasteiger partial charge >= 0.3 is 5.69 Å². The van der Waals surface area contributed by atoms with Gasteiger partial charge in [0.15, 0.2) is 0 Å². The van der Waals surface area contributed by atoms with Crippen molar-refractivity contribution in [1.82, 2.24) is 0 Å². The van der Waals surface area contributed by atoms with Gasteiger partial charge in [-0.2, -0.15) is 4.39 Å². The van der Waals surface area contributed by atoms with Gasteiger partial charge in [0.25, 0.3) is 0 Å². The van der Waals surface area contributed by atoms with Gasteiger partial charge in [-0.15, -0.1) is 11.6 Å². The van der Waals surface area contributed by atoms with E-state index in [2.05, 4.69) is 0 Å². The molecule has 7 heteroatoms. The van der Waals surface area contributed by atoms with Crippen LogP contribution < -0.4 is 4.74 Å². The Kier molecular flexibility index (Phi) is 4.14. The van der Waals surface area contributed by atoms with E-state index in [1.807, 2.05) is 0 Å². The fourth-order valence-electron chi connectivity index (χ4n) is 1.59. The Morgan fingerprint density at radius 1 is 1.20 bits per heavy atom. The smallest absolute Gasteiger partial charge is 0.305 e. The molecule has 104 valence electrons. The van der Waals surface area contributed by atoms with Gasteiger partial charge in [-0.05, 0) is 18.2 Å². The van der Waals surface area contributed by atoms with Crippen LogP contribution in [0.4, 0.5) is 14.5 Å². The van der Waals surface area contributed by atoms with E-state index in [4.69, 9.17) is 16.3 Å². The average molecular weight is 300 g/mol. The quantitative estimate of drug-likeness (QED) is 0.477. The monoisotopic (exact) mass is 299 g/mol. The lowest BCUT2D eigenvalue weighted by Crippen LogP contribution is -1.95. The summed E-state index contributed by atoms with van der Waals surface area (Å²) < 4.78 is 32.2. The summed E-state index contributed by atoms with van der Waals surface area (Å²) >= 11 is 5.62. The molecule has 0 amide bonds. The molecule has 0 N–H and O–H groups in total. The van der Waals surface area contributed by atoms with Gasteiger partial charge in [0.1, 0.15) is 17.3 Å². The maximum absolute atomic E-state index is 13.5. The molecule has 4 nitrogen and oxygen atoms in total. The lowest BCUT2D eigenvalue weighted by Gasteiger charge is -2.10. The van der Waals surface area contributed by atoms with Gasteiger partial charge in [-0.25, -0.2) is 4.39 Å². The second-order valence-corrected chi connectivity index (χ2v) is 4.09. The molecule has 2 aromatic carbocycles. The van der Waals surface area contributed by atoms with E-state index in [-0.39, 0.29) is 22.9 Å². The number of hydrogen-bond donors (Lipinski definition) is 0. The first-order chi connectivity index (χ1) is 9.52. The van der Waals surface area contributed by atoms with Crippen LogP contribution in [0.25, 0.3) is 0 Å². The van der Waals surface area contributed by atoms with Crippen LogP contribution in [0.2, 0.25) is 0 Å². The Hall–Kier alpha value is -2.21. The van der Waals surface area contributed by atoms with Crippen molar-refractivity contribution in [3.8, 4) is 11.5 Å². The van der Waals surface area contributed by atoms with Crippen LogP contribution in [-0.2, 0) is 5.88 Å². The molecule has 0 aliphatic carbocycles. The molecule has 2 rings (SSSR count). The van der Waals surface area contributed by atoms with Crippen molar-refractivity contribution in [3.05, 3.63) is 63.7 Å². The fourth-order valence-corrected chi connectivity index (χ4v) is 1.85. The molecule has 0 saturated carbocycles. The predicted octanol–water partition coefficient (Wildman–Crippen LogP) is 4.40. The maximum atomic E-state index is 13.5. The number of nitro benzene ring substituents is 1. The van der Waals surface area contributed by atoms with Crippen LogP contribution >= 0.6 is 11.6 Å². The van der Waals surface area contributed by atoms with Crippen LogP contribution in [0.3, 0.4) is 0 Å². The summed E-state index contributed by atoms with van der Waals surface area (Å²) in [5.41, 5.74) is -0.526. The van der Waals surface area contributed by atoms with Gasteiger partial charge in [-0.3, -0.25) is 10.1 Å². The summed E-state index contributed by atoms with van der Waals surface area (Å²) in [5, 5.41) is 10.5. The Morgan fingerprint density at radius 3 is 2.55 bits per heavy atom. The van der Waals surface area contributed by atoms with Crippen LogP contribution in [0.1, 0.15) is 5.56 Å². The largest absolute Gasteiger partial charge is 0.457 e. The standard InChI is InChI=1S/C13H8ClF2NO3/c14-7-9-10(15)2-1-3-13(9)20-8-4-5-12(17(18)19)11(16)6-8/h1-6H,7H2. The lowest BCUT2D eigenvalue weighted by molar-refractivity contribution is -0.387. The Morgan fingerprint density at radius 2 is 1.95 bits per heavy atom. The molecule has 0 bridgehead atoms. The van der Waals surface area contributed by atoms with E-state index in [1.54, 1.807) is 0 Å². The first-order valence-electron chi connectivity index (χ1n) is 5.48. The zero-order valence-corrected chi connectivity index (χ0v) is 10.7. The minimum atomic E-state index is -1.03. The van der Waals surface area contributed by atoms with Gasteiger partial charge in [0.2, 0.25) is 5.82 Å².